The average Bonchev–Trinajstić information content (AvgIpc) is 2.60. The Hall–Kier alpha value is -2.87. The van der Waals surface area contributed by atoms with Crippen molar-refractivity contribution in [3.63, 3.8) is 0 Å². The Kier molecular flexibility index (Phi) is 6.45. The SMILES string of the molecule is Cc1cc(C(=O)NC(C)c2cccc(C(F)F)c2)cc(NC(=O)C(C)(C)O)n1. The van der Waals surface area contributed by atoms with Crippen LogP contribution in [0, 0.1) is 6.92 Å². The Bertz CT molecular complexity index is 879. The van der Waals surface area contributed by atoms with Gasteiger partial charge in [-0.3, -0.25) is 9.59 Å². The zero-order valence-corrected chi connectivity index (χ0v) is 16.1. The number of aliphatic hydroxyl groups is 1. The predicted molar refractivity (Wildman–Crippen MR) is 101 cm³/mol. The lowest BCUT2D eigenvalue weighted by molar-refractivity contribution is -0.130. The first-order valence-electron chi connectivity index (χ1n) is 8.68. The van der Waals surface area contributed by atoms with E-state index in [4.69, 9.17) is 0 Å². The number of hydrogen-bond donors (Lipinski definition) is 3. The number of alkyl halides is 2. The van der Waals surface area contributed by atoms with Crippen molar-refractivity contribution in [2.24, 2.45) is 0 Å². The maximum Gasteiger partial charge on any atom is 0.263 e. The van der Waals surface area contributed by atoms with Crippen LogP contribution in [0.2, 0.25) is 0 Å². The van der Waals surface area contributed by atoms with Gasteiger partial charge in [0.25, 0.3) is 18.2 Å². The lowest BCUT2D eigenvalue weighted by Crippen LogP contribution is -2.37. The Labute approximate surface area is 162 Å². The van der Waals surface area contributed by atoms with E-state index >= 15 is 0 Å². The van der Waals surface area contributed by atoms with Crippen molar-refractivity contribution in [1.82, 2.24) is 10.3 Å². The lowest BCUT2D eigenvalue weighted by atomic mass is 10.0. The van der Waals surface area contributed by atoms with Crippen LogP contribution in [0.25, 0.3) is 0 Å². The van der Waals surface area contributed by atoms with E-state index < -0.39 is 29.9 Å². The Balaban J connectivity index is 2.18. The number of nitrogens with one attached hydrogen (secondary N) is 2. The van der Waals surface area contributed by atoms with Crippen molar-refractivity contribution in [3.05, 3.63) is 58.8 Å². The summed E-state index contributed by atoms with van der Waals surface area (Å²) in [6.45, 7) is 6.02. The van der Waals surface area contributed by atoms with Crippen molar-refractivity contribution in [2.75, 3.05) is 5.32 Å². The summed E-state index contributed by atoms with van der Waals surface area (Å²) in [6, 6.07) is 8.26. The number of amides is 2. The van der Waals surface area contributed by atoms with Crippen LogP contribution in [0.4, 0.5) is 14.6 Å². The molecule has 3 N–H and O–H groups in total. The van der Waals surface area contributed by atoms with Crippen molar-refractivity contribution in [2.45, 2.75) is 45.8 Å². The molecule has 0 radical (unpaired) electrons. The molecular formula is C20H23F2N3O3. The van der Waals surface area contributed by atoms with E-state index in [1.54, 1.807) is 19.9 Å². The second-order valence-electron chi connectivity index (χ2n) is 7.06. The fourth-order valence-corrected chi connectivity index (χ4v) is 2.46. The molecule has 0 fully saturated rings. The monoisotopic (exact) mass is 391 g/mol. The van der Waals surface area contributed by atoms with Crippen LogP contribution in [-0.4, -0.2) is 27.5 Å². The van der Waals surface area contributed by atoms with Crippen molar-refractivity contribution in [1.29, 1.82) is 0 Å². The van der Waals surface area contributed by atoms with E-state index in [0.29, 0.717) is 11.3 Å². The number of carbonyl (C=O) groups is 2. The summed E-state index contributed by atoms with van der Waals surface area (Å²) in [7, 11) is 0. The Morgan fingerprint density at radius 2 is 1.79 bits per heavy atom. The molecule has 1 unspecified atom stereocenters. The maximum atomic E-state index is 12.9. The highest BCUT2D eigenvalue weighted by atomic mass is 19.3. The van der Waals surface area contributed by atoms with Gasteiger partial charge in [0, 0.05) is 16.8 Å². The first-order valence-corrected chi connectivity index (χ1v) is 8.68. The second kappa shape index (κ2) is 8.43. The minimum atomic E-state index is -2.59. The highest BCUT2D eigenvalue weighted by molar-refractivity contribution is 5.98. The molecule has 150 valence electrons. The third-order valence-electron chi connectivity index (χ3n) is 4.02. The number of aromatic nitrogens is 1. The molecule has 1 aromatic carbocycles. The van der Waals surface area contributed by atoms with Gasteiger partial charge in [0.15, 0.2) is 0 Å². The number of halogens is 2. The molecular weight excluding hydrogens is 368 g/mol. The van der Waals surface area contributed by atoms with Crippen LogP contribution in [0.15, 0.2) is 36.4 Å². The van der Waals surface area contributed by atoms with Crippen LogP contribution in [0.5, 0.6) is 0 Å². The molecule has 2 aromatic rings. The molecule has 0 aliphatic rings. The zero-order chi connectivity index (χ0) is 21.1. The number of anilines is 1. The summed E-state index contributed by atoms with van der Waals surface area (Å²) in [4.78, 5) is 28.6. The summed E-state index contributed by atoms with van der Waals surface area (Å²) in [5, 5.41) is 14.9. The van der Waals surface area contributed by atoms with E-state index in [1.165, 1.54) is 44.2 Å². The molecule has 0 saturated carbocycles. The molecule has 1 aromatic heterocycles. The number of hydrogen-bond acceptors (Lipinski definition) is 4. The van der Waals surface area contributed by atoms with Gasteiger partial charge in [-0.05, 0) is 51.5 Å². The number of rotatable bonds is 6. The number of carbonyl (C=O) groups excluding carboxylic acids is 2. The third kappa shape index (κ3) is 5.56. The fourth-order valence-electron chi connectivity index (χ4n) is 2.46. The van der Waals surface area contributed by atoms with Crippen molar-refractivity contribution >= 4 is 17.6 Å². The van der Waals surface area contributed by atoms with Crippen molar-refractivity contribution < 1.29 is 23.5 Å². The van der Waals surface area contributed by atoms with E-state index in [9.17, 15) is 23.5 Å². The molecule has 0 bridgehead atoms. The quantitative estimate of drug-likeness (QED) is 0.703. The van der Waals surface area contributed by atoms with Gasteiger partial charge in [-0.15, -0.1) is 0 Å². The van der Waals surface area contributed by atoms with E-state index in [1.807, 2.05) is 0 Å². The van der Waals surface area contributed by atoms with Crippen LogP contribution in [-0.2, 0) is 4.79 Å². The van der Waals surface area contributed by atoms with Crippen molar-refractivity contribution in [3.8, 4) is 0 Å². The predicted octanol–water partition coefficient (Wildman–Crippen LogP) is 3.53. The minimum absolute atomic E-state index is 0.116. The molecule has 0 spiro atoms. The molecule has 0 aliphatic heterocycles. The summed E-state index contributed by atoms with van der Waals surface area (Å²) in [5.41, 5.74) is -0.429. The van der Waals surface area contributed by atoms with Gasteiger partial charge < -0.3 is 15.7 Å². The standard InChI is InChI=1S/C20H23F2N3O3/c1-11-8-15(10-16(23-11)25-19(27)20(3,4)28)18(26)24-12(2)13-6-5-7-14(9-13)17(21)22/h5-10,12,17,28H,1-4H3,(H,24,26)(H,23,25,27). The number of aryl methyl sites for hydroxylation is 1. The summed E-state index contributed by atoms with van der Waals surface area (Å²) in [6.07, 6.45) is -2.59. The van der Waals surface area contributed by atoms with Gasteiger partial charge in [0.1, 0.15) is 11.4 Å². The molecule has 1 heterocycles. The highest BCUT2D eigenvalue weighted by Gasteiger charge is 2.24. The molecule has 0 aliphatic carbocycles. The first-order chi connectivity index (χ1) is 13.0. The molecule has 28 heavy (non-hydrogen) atoms. The second-order valence-corrected chi connectivity index (χ2v) is 7.06. The van der Waals surface area contributed by atoms with E-state index in [0.717, 1.165) is 0 Å². The van der Waals surface area contributed by atoms with E-state index in [2.05, 4.69) is 15.6 Å². The zero-order valence-electron chi connectivity index (χ0n) is 16.1. The third-order valence-corrected chi connectivity index (χ3v) is 4.02. The van der Waals surface area contributed by atoms with Gasteiger partial charge >= 0.3 is 0 Å². The van der Waals surface area contributed by atoms with Gasteiger partial charge in [0.05, 0.1) is 6.04 Å². The van der Waals surface area contributed by atoms with Crippen LogP contribution < -0.4 is 10.6 Å². The highest BCUT2D eigenvalue weighted by Crippen LogP contribution is 2.23. The van der Waals surface area contributed by atoms with Gasteiger partial charge in [-0.2, -0.15) is 0 Å². The molecule has 2 rings (SSSR count). The van der Waals surface area contributed by atoms with Gasteiger partial charge in [-0.1, -0.05) is 18.2 Å². The average molecular weight is 391 g/mol. The smallest absolute Gasteiger partial charge is 0.263 e. The van der Waals surface area contributed by atoms with Crippen LogP contribution >= 0.6 is 0 Å². The van der Waals surface area contributed by atoms with E-state index in [-0.39, 0.29) is 16.9 Å². The van der Waals surface area contributed by atoms with Crippen LogP contribution in [0.1, 0.15) is 60.4 Å². The molecule has 1 atom stereocenters. The topological polar surface area (TPSA) is 91.3 Å². The number of benzene rings is 1. The first kappa shape index (κ1) is 21.4. The largest absolute Gasteiger partial charge is 0.381 e. The summed E-state index contributed by atoms with van der Waals surface area (Å²) >= 11 is 0. The van der Waals surface area contributed by atoms with Gasteiger partial charge in [-0.25, -0.2) is 13.8 Å². The Morgan fingerprint density at radius 3 is 2.39 bits per heavy atom. The molecule has 0 saturated heterocycles. The molecule has 6 nitrogen and oxygen atoms in total. The summed E-state index contributed by atoms with van der Waals surface area (Å²) in [5.74, 6) is -0.974. The minimum Gasteiger partial charge on any atom is -0.381 e. The normalized spacial score (nSPS) is 12.6. The maximum absolute atomic E-state index is 12.9. The Morgan fingerprint density at radius 1 is 1.14 bits per heavy atom. The number of pyridine rings is 1. The molecule has 2 amide bonds. The summed E-state index contributed by atoms with van der Waals surface area (Å²) < 4.78 is 25.7. The fraction of sp³-hybridized carbons (Fsp3) is 0.350. The van der Waals surface area contributed by atoms with Gasteiger partial charge in [0.2, 0.25) is 0 Å². The lowest BCUT2D eigenvalue weighted by Gasteiger charge is -2.18. The number of nitrogens with zero attached hydrogens (tertiary/aromatic N) is 1. The molecule has 8 heteroatoms. The van der Waals surface area contributed by atoms with Crippen LogP contribution in [0.3, 0.4) is 0 Å².